The summed E-state index contributed by atoms with van der Waals surface area (Å²) >= 11 is 0. The summed E-state index contributed by atoms with van der Waals surface area (Å²) in [6.45, 7) is 1.28. The Hall–Kier alpha value is -1.89. The number of amides is 2. The van der Waals surface area contributed by atoms with Crippen molar-refractivity contribution in [1.29, 1.82) is 0 Å². The highest BCUT2D eigenvalue weighted by molar-refractivity contribution is 5.90. The second-order valence-corrected chi connectivity index (χ2v) is 5.89. The lowest BCUT2D eigenvalue weighted by Gasteiger charge is -2.31. The van der Waals surface area contributed by atoms with E-state index >= 15 is 0 Å². The number of nitrogens with zero attached hydrogens (tertiary/aromatic N) is 3. The summed E-state index contributed by atoms with van der Waals surface area (Å²) in [5.41, 5.74) is 1.99. The Morgan fingerprint density at radius 1 is 1.43 bits per heavy atom. The number of carbonyl (C=O) groups is 2. The van der Waals surface area contributed by atoms with Crippen molar-refractivity contribution in [3.8, 4) is 0 Å². The Morgan fingerprint density at radius 3 is 3.00 bits per heavy atom. The van der Waals surface area contributed by atoms with Crippen LogP contribution in [0.25, 0.3) is 0 Å². The lowest BCUT2D eigenvalue weighted by atomic mass is 10.0. The third-order valence-corrected chi connectivity index (χ3v) is 4.29. The zero-order valence-corrected chi connectivity index (χ0v) is 12.4. The van der Waals surface area contributed by atoms with Crippen LogP contribution < -0.4 is 5.32 Å². The summed E-state index contributed by atoms with van der Waals surface area (Å²) in [6.07, 6.45) is 3.88. The summed E-state index contributed by atoms with van der Waals surface area (Å²) in [5.74, 6) is 0.0264. The fourth-order valence-electron chi connectivity index (χ4n) is 3.13. The maximum Gasteiger partial charge on any atom is 0.244 e. The number of carbonyl (C=O) groups excluding carboxylic acids is 2. The lowest BCUT2D eigenvalue weighted by Crippen LogP contribution is -2.53. The third kappa shape index (κ3) is 2.53. The molecule has 2 amide bonds. The minimum absolute atomic E-state index is 0.0112. The second kappa shape index (κ2) is 5.48. The molecule has 0 saturated carbocycles. The van der Waals surface area contributed by atoms with Crippen molar-refractivity contribution in [2.45, 2.75) is 37.9 Å². The van der Waals surface area contributed by atoms with Crippen molar-refractivity contribution in [2.24, 2.45) is 0 Å². The Balaban J connectivity index is 1.72. The number of imidazole rings is 1. The van der Waals surface area contributed by atoms with E-state index in [0.29, 0.717) is 19.5 Å². The number of hydrogen-bond donors (Lipinski definition) is 2. The van der Waals surface area contributed by atoms with E-state index in [-0.39, 0.29) is 23.9 Å². The molecule has 0 aromatic carbocycles. The molecule has 0 spiro atoms. The van der Waals surface area contributed by atoms with Crippen LogP contribution in [0, 0.1) is 0 Å². The number of fused-ring (bicyclic) bond motifs is 1. The predicted molar refractivity (Wildman–Crippen MR) is 76.3 cm³/mol. The van der Waals surface area contributed by atoms with E-state index in [1.165, 1.54) is 0 Å². The Labute approximate surface area is 123 Å². The van der Waals surface area contributed by atoms with Gasteiger partial charge in [-0.3, -0.25) is 14.9 Å². The standard InChI is InChI=1S/C14H21N5O2/c1-18(2)14(21)12-4-3-5-19(12)13(20)10-6-9-11(7-15-10)17-8-16-9/h8,10,12,15H,3-7H2,1-2H3,(H,16,17). The van der Waals surface area contributed by atoms with Gasteiger partial charge in [-0.2, -0.15) is 0 Å². The molecule has 0 radical (unpaired) electrons. The molecular weight excluding hydrogens is 270 g/mol. The van der Waals surface area contributed by atoms with E-state index in [9.17, 15) is 9.59 Å². The van der Waals surface area contributed by atoms with Gasteiger partial charge in [0.05, 0.1) is 23.8 Å². The summed E-state index contributed by atoms with van der Waals surface area (Å²) in [6, 6.07) is -0.591. The number of likely N-dealkylation sites (tertiary alicyclic amines) is 1. The fraction of sp³-hybridized carbons (Fsp3) is 0.643. The minimum atomic E-state index is -0.310. The topological polar surface area (TPSA) is 81.3 Å². The largest absolute Gasteiger partial charge is 0.347 e. The molecule has 3 heterocycles. The quantitative estimate of drug-likeness (QED) is 0.770. The van der Waals surface area contributed by atoms with Crippen LogP contribution in [0.15, 0.2) is 6.33 Å². The molecule has 2 aliphatic heterocycles. The van der Waals surface area contributed by atoms with Crippen LogP contribution in [0.4, 0.5) is 0 Å². The number of rotatable bonds is 2. The maximum absolute atomic E-state index is 12.7. The van der Waals surface area contributed by atoms with Gasteiger partial charge in [-0.05, 0) is 12.8 Å². The number of aromatic nitrogens is 2. The first-order valence-corrected chi connectivity index (χ1v) is 7.34. The van der Waals surface area contributed by atoms with Crippen LogP contribution in [0.1, 0.15) is 24.2 Å². The fourth-order valence-corrected chi connectivity index (χ4v) is 3.13. The normalized spacial score (nSPS) is 24.8. The summed E-state index contributed by atoms with van der Waals surface area (Å²) in [4.78, 5) is 35.5. The van der Waals surface area contributed by atoms with Crippen molar-refractivity contribution in [2.75, 3.05) is 20.6 Å². The van der Waals surface area contributed by atoms with Crippen molar-refractivity contribution in [3.63, 3.8) is 0 Å². The third-order valence-electron chi connectivity index (χ3n) is 4.29. The van der Waals surface area contributed by atoms with Gasteiger partial charge in [0.15, 0.2) is 0 Å². The van der Waals surface area contributed by atoms with Crippen LogP contribution in [-0.2, 0) is 22.6 Å². The summed E-state index contributed by atoms with van der Waals surface area (Å²) < 4.78 is 0. The maximum atomic E-state index is 12.7. The first kappa shape index (κ1) is 14.1. The molecule has 2 atom stereocenters. The molecule has 2 aliphatic rings. The second-order valence-electron chi connectivity index (χ2n) is 5.89. The zero-order chi connectivity index (χ0) is 15.0. The van der Waals surface area contributed by atoms with Crippen molar-refractivity contribution >= 4 is 11.8 Å². The van der Waals surface area contributed by atoms with Crippen LogP contribution in [0.3, 0.4) is 0 Å². The average Bonchev–Trinajstić information content (AvgIpc) is 3.13. The molecule has 114 valence electrons. The first-order chi connectivity index (χ1) is 10.1. The van der Waals surface area contributed by atoms with Gasteiger partial charge < -0.3 is 14.8 Å². The number of H-pyrrole nitrogens is 1. The van der Waals surface area contributed by atoms with E-state index in [0.717, 1.165) is 24.2 Å². The molecule has 21 heavy (non-hydrogen) atoms. The number of likely N-dealkylation sites (N-methyl/N-ethyl adjacent to an activating group) is 1. The van der Waals surface area contributed by atoms with Crippen LogP contribution >= 0.6 is 0 Å². The summed E-state index contributed by atoms with van der Waals surface area (Å²) in [7, 11) is 3.47. The van der Waals surface area contributed by atoms with Crippen molar-refractivity contribution < 1.29 is 9.59 Å². The highest BCUT2D eigenvalue weighted by atomic mass is 16.2. The van der Waals surface area contributed by atoms with E-state index in [4.69, 9.17) is 0 Å². The van der Waals surface area contributed by atoms with Gasteiger partial charge >= 0.3 is 0 Å². The number of nitrogens with one attached hydrogen (secondary N) is 2. The molecular formula is C14H21N5O2. The van der Waals surface area contributed by atoms with E-state index in [1.54, 1.807) is 30.2 Å². The van der Waals surface area contributed by atoms with Crippen molar-refractivity contribution in [1.82, 2.24) is 25.1 Å². The molecule has 1 aromatic heterocycles. The number of hydrogen-bond acceptors (Lipinski definition) is 4. The Morgan fingerprint density at radius 2 is 2.24 bits per heavy atom. The molecule has 0 aliphatic carbocycles. The van der Waals surface area contributed by atoms with Gasteiger partial charge in [0.1, 0.15) is 6.04 Å². The van der Waals surface area contributed by atoms with E-state index in [2.05, 4.69) is 15.3 Å². The Bertz CT molecular complexity index is 553. The highest BCUT2D eigenvalue weighted by Crippen LogP contribution is 2.22. The predicted octanol–water partition coefficient (Wildman–Crippen LogP) is -0.497. The first-order valence-electron chi connectivity index (χ1n) is 7.34. The lowest BCUT2D eigenvalue weighted by molar-refractivity contribution is -0.143. The molecule has 2 N–H and O–H groups in total. The molecule has 3 rings (SSSR count). The van der Waals surface area contributed by atoms with Crippen LogP contribution in [0.5, 0.6) is 0 Å². The number of aromatic amines is 1. The molecule has 1 aromatic rings. The monoisotopic (exact) mass is 291 g/mol. The molecule has 1 fully saturated rings. The molecule has 0 bridgehead atoms. The smallest absolute Gasteiger partial charge is 0.244 e. The van der Waals surface area contributed by atoms with E-state index in [1.807, 2.05) is 0 Å². The Kier molecular flexibility index (Phi) is 3.67. The van der Waals surface area contributed by atoms with E-state index < -0.39 is 0 Å². The SMILES string of the molecule is CN(C)C(=O)C1CCCN1C(=O)C1Cc2nc[nH]c2CN1. The minimum Gasteiger partial charge on any atom is -0.347 e. The molecule has 2 unspecified atom stereocenters. The van der Waals surface area contributed by atoms with Gasteiger partial charge in [-0.15, -0.1) is 0 Å². The highest BCUT2D eigenvalue weighted by Gasteiger charge is 2.38. The molecule has 1 saturated heterocycles. The van der Waals surface area contributed by atoms with Gasteiger partial charge in [0, 0.05) is 33.6 Å². The van der Waals surface area contributed by atoms with Crippen LogP contribution in [-0.4, -0.2) is 64.3 Å². The summed E-state index contributed by atoms with van der Waals surface area (Å²) in [5, 5.41) is 3.24. The molecule has 7 nitrogen and oxygen atoms in total. The average molecular weight is 291 g/mol. The van der Waals surface area contributed by atoms with Gasteiger partial charge in [-0.25, -0.2) is 4.98 Å². The van der Waals surface area contributed by atoms with Crippen LogP contribution in [0.2, 0.25) is 0 Å². The van der Waals surface area contributed by atoms with Gasteiger partial charge in [-0.1, -0.05) is 0 Å². The van der Waals surface area contributed by atoms with Gasteiger partial charge in [0.2, 0.25) is 11.8 Å². The van der Waals surface area contributed by atoms with Gasteiger partial charge in [0.25, 0.3) is 0 Å². The molecule has 7 heteroatoms. The zero-order valence-electron chi connectivity index (χ0n) is 12.4. The van der Waals surface area contributed by atoms with Crippen molar-refractivity contribution in [3.05, 3.63) is 17.7 Å².